The Hall–Kier alpha value is -0.190. The van der Waals surface area contributed by atoms with Crippen LogP contribution in [0.4, 0.5) is 11.4 Å². The van der Waals surface area contributed by atoms with Gasteiger partial charge in [0.25, 0.3) is 0 Å². The van der Waals surface area contributed by atoms with Gasteiger partial charge in [0.05, 0.1) is 11.4 Å². The van der Waals surface area contributed by atoms with Crippen LogP contribution in [0.15, 0.2) is 53.0 Å². The summed E-state index contributed by atoms with van der Waals surface area (Å²) < 4.78 is 18.8. The predicted octanol–water partition coefficient (Wildman–Crippen LogP) is 7.11. The molecule has 1 heterocycles. The van der Waals surface area contributed by atoms with Crippen LogP contribution in [-0.2, 0) is 0 Å². The molecule has 0 radical (unpaired) electrons. The minimum atomic E-state index is -3.40. The second-order valence-corrected chi connectivity index (χ2v) is 13.5. The highest BCUT2D eigenvalue weighted by Gasteiger charge is 2.49. The number of nitrogen functional groups attached to an aromatic ring is 2. The molecule has 0 saturated carbocycles. The summed E-state index contributed by atoms with van der Waals surface area (Å²) in [5.74, 6) is 0.654. The van der Waals surface area contributed by atoms with Crippen molar-refractivity contribution in [3.05, 3.63) is 48.5 Å². The highest BCUT2D eigenvalue weighted by molar-refractivity contribution is 8.01. The number of rotatable bonds is 4. The average Bonchev–Trinajstić information content (AvgIpc) is 2.62. The Morgan fingerprint density at radius 2 is 1.35 bits per heavy atom. The lowest BCUT2D eigenvalue weighted by Crippen LogP contribution is -2.19. The van der Waals surface area contributed by atoms with Crippen molar-refractivity contribution >= 4 is 80.2 Å². The monoisotopic (exact) mass is 491 g/mol. The molecule has 2 aromatic carbocycles. The summed E-state index contributed by atoms with van der Waals surface area (Å²) in [7, 11) is -6.89. The van der Waals surface area contributed by atoms with E-state index in [4.69, 9.17) is 66.5 Å². The van der Waals surface area contributed by atoms with Crippen molar-refractivity contribution in [1.29, 1.82) is 0 Å². The number of halogens is 4. The average molecular weight is 493 g/mol. The van der Waals surface area contributed by atoms with E-state index in [1.54, 1.807) is 48.5 Å². The zero-order valence-electron chi connectivity index (χ0n) is 12.8. The number of benzene rings is 2. The van der Waals surface area contributed by atoms with Gasteiger partial charge in [-0.3, -0.25) is 0 Å². The molecule has 0 saturated heterocycles. The molecule has 0 amide bonds. The van der Waals surface area contributed by atoms with Crippen molar-refractivity contribution in [2.24, 2.45) is 4.52 Å². The van der Waals surface area contributed by atoms with Crippen LogP contribution in [0.1, 0.15) is 0 Å². The van der Waals surface area contributed by atoms with Crippen LogP contribution in [0, 0.1) is 0 Å². The standard InChI is InChI=1S/C12H12Cl4N5O2P3/c13-20-24(15)19-26(21(14)25(20)16,22-11-7-3-1-5-9(11)17)23-12-8-4-2-6-10(12)18/h1-8H,17-18H2. The molecule has 0 bridgehead atoms. The first-order valence-corrected chi connectivity index (χ1v) is 13.4. The molecule has 140 valence electrons. The Morgan fingerprint density at radius 3 is 1.81 bits per heavy atom. The summed E-state index contributed by atoms with van der Waals surface area (Å²) in [5, 5.41) is 0. The molecular formula is C12H12Cl4N5O2P3. The van der Waals surface area contributed by atoms with Crippen molar-refractivity contribution in [2.45, 2.75) is 0 Å². The summed E-state index contributed by atoms with van der Waals surface area (Å²) in [5.41, 5.74) is 12.7. The largest absolute Gasteiger partial charge is 0.423 e. The summed E-state index contributed by atoms with van der Waals surface area (Å²) in [6.07, 6.45) is 0. The van der Waals surface area contributed by atoms with Gasteiger partial charge < -0.3 is 20.5 Å². The minimum Gasteiger partial charge on any atom is -0.416 e. The molecule has 7 nitrogen and oxygen atoms in total. The van der Waals surface area contributed by atoms with Gasteiger partial charge in [-0.05, 0) is 59.1 Å². The van der Waals surface area contributed by atoms with E-state index in [-0.39, 0.29) is 0 Å². The molecule has 1 aliphatic rings. The van der Waals surface area contributed by atoms with Gasteiger partial charge in [0.2, 0.25) is 7.58 Å². The first-order chi connectivity index (χ1) is 12.3. The summed E-state index contributed by atoms with van der Waals surface area (Å²) >= 11 is 25.1. The SMILES string of the molecule is Nc1ccccc1OP1(Oc2ccccc2N)=NP(Cl)N(Cl)P(Cl)N1Cl. The first kappa shape index (κ1) is 20.5. The highest BCUT2D eigenvalue weighted by atomic mass is 35.7. The topological polar surface area (TPSA) is 89.3 Å². The van der Waals surface area contributed by atoms with Crippen LogP contribution < -0.4 is 20.5 Å². The third-order valence-corrected chi connectivity index (χ3v) is 14.4. The molecule has 3 rings (SSSR count). The third kappa shape index (κ3) is 4.12. The van der Waals surface area contributed by atoms with E-state index in [2.05, 4.69) is 4.52 Å². The lowest BCUT2D eigenvalue weighted by Gasteiger charge is -2.38. The lowest BCUT2D eigenvalue weighted by atomic mass is 10.3. The van der Waals surface area contributed by atoms with Crippen molar-refractivity contribution in [1.82, 2.24) is 7.92 Å². The van der Waals surface area contributed by atoms with Gasteiger partial charge in [0.15, 0.2) is 19.1 Å². The molecule has 0 aromatic heterocycles. The van der Waals surface area contributed by atoms with Gasteiger partial charge in [0.1, 0.15) is 0 Å². The second-order valence-electron chi connectivity index (χ2n) is 4.80. The van der Waals surface area contributed by atoms with Gasteiger partial charge in [-0.2, -0.15) is 4.52 Å². The third-order valence-electron chi connectivity index (χ3n) is 3.08. The molecule has 2 unspecified atom stereocenters. The van der Waals surface area contributed by atoms with Crippen molar-refractivity contribution < 1.29 is 9.05 Å². The normalized spacial score (nSPS) is 23.2. The maximum Gasteiger partial charge on any atom is 0.423 e. The molecule has 26 heavy (non-hydrogen) atoms. The van der Waals surface area contributed by atoms with Crippen LogP contribution in [0.3, 0.4) is 0 Å². The fourth-order valence-electron chi connectivity index (χ4n) is 1.88. The number of anilines is 2. The van der Waals surface area contributed by atoms with Gasteiger partial charge in [-0.25, -0.2) is 0 Å². The van der Waals surface area contributed by atoms with Gasteiger partial charge >= 0.3 is 7.66 Å². The highest BCUT2D eigenvalue weighted by Crippen LogP contribution is 2.82. The fraction of sp³-hybridized carbons (Fsp3) is 0. The van der Waals surface area contributed by atoms with Crippen LogP contribution in [0.5, 0.6) is 11.5 Å². The maximum atomic E-state index is 6.43. The summed E-state index contributed by atoms with van der Waals surface area (Å²) in [6.45, 7) is 0. The zero-order chi connectivity index (χ0) is 18.9. The molecular weight excluding hydrogens is 481 g/mol. The number of nitrogens with zero attached hydrogens (tertiary/aromatic N) is 3. The molecule has 1 aliphatic heterocycles. The molecule has 2 aromatic rings. The van der Waals surface area contributed by atoms with Crippen molar-refractivity contribution in [2.75, 3.05) is 11.5 Å². The van der Waals surface area contributed by atoms with E-state index in [0.29, 0.717) is 22.9 Å². The Labute approximate surface area is 172 Å². The molecule has 2 atom stereocenters. The summed E-state index contributed by atoms with van der Waals surface area (Å²) in [6, 6.07) is 13.7. The lowest BCUT2D eigenvalue weighted by molar-refractivity contribution is 0.454. The Bertz CT molecular complexity index is 812. The fourth-order valence-corrected chi connectivity index (χ4v) is 11.9. The molecule has 4 N–H and O–H groups in total. The quantitative estimate of drug-likeness (QED) is 0.268. The van der Waals surface area contributed by atoms with Crippen molar-refractivity contribution in [3.63, 3.8) is 0 Å². The number of hydrogen-bond donors (Lipinski definition) is 2. The van der Waals surface area contributed by atoms with E-state index >= 15 is 0 Å². The van der Waals surface area contributed by atoms with Gasteiger partial charge in [-0.15, -0.1) is 3.96 Å². The van der Waals surface area contributed by atoms with E-state index in [1.807, 2.05) is 0 Å². The summed E-state index contributed by atoms with van der Waals surface area (Å²) in [4.78, 5) is 0. The Morgan fingerprint density at radius 1 is 0.885 bits per heavy atom. The molecule has 14 heteroatoms. The minimum absolute atomic E-state index is 0.327. The van der Waals surface area contributed by atoms with Gasteiger partial charge in [-0.1, -0.05) is 39.5 Å². The van der Waals surface area contributed by atoms with E-state index in [1.165, 1.54) is 0 Å². The molecule has 0 aliphatic carbocycles. The second kappa shape index (κ2) is 8.45. The molecule has 0 fully saturated rings. The van der Waals surface area contributed by atoms with Gasteiger partial charge in [0, 0.05) is 0 Å². The maximum absolute atomic E-state index is 6.43. The Balaban J connectivity index is 2.11. The Kier molecular flexibility index (Phi) is 6.67. The number of nitrogens with two attached hydrogens (primary N) is 2. The van der Waals surface area contributed by atoms with Crippen molar-refractivity contribution in [3.8, 4) is 11.5 Å². The van der Waals surface area contributed by atoms with Crippen LogP contribution in [0.2, 0.25) is 0 Å². The van der Waals surface area contributed by atoms with E-state index in [0.717, 1.165) is 7.92 Å². The van der Waals surface area contributed by atoms with E-state index < -0.39 is 22.8 Å². The number of hydrogen-bond acceptors (Lipinski definition) is 7. The van der Waals surface area contributed by atoms with E-state index in [9.17, 15) is 0 Å². The van der Waals surface area contributed by atoms with Crippen LogP contribution >= 0.6 is 68.8 Å². The van der Waals surface area contributed by atoms with Crippen LogP contribution in [0.25, 0.3) is 0 Å². The first-order valence-electron chi connectivity index (χ1n) is 6.88. The zero-order valence-corrected chi connectivity index (χ0v) is 18.5. The number of para-hydroxylation sites is 4. The smallest absolute Gasteiger partial charge is 0.416 e. The molecule has 0 spiro atoms. The predicted molar refractivity (Wildman–Crippen MR) is 113 cm³/mol. The van der Waals surface area contributed by atoms with Crippen LogP contribution in [-0.4, -0.2) is 7.92 Å².